The first-order valence-corrected chi connectivity index (χ1v) is 6.85. The number of nitrogens with zero attached hydrogens (tertiary/aromatic N) is 4. The van der Waals surface area contributed by atoms with Crippen molar-refractivity contribution in [1.29, 1.82) is 0 Å². The molecule has 7 heteroatoms. The molecule has 2 rings (SSSR count). The van der Waals surface area contributed by atoms with Crippen LogP contribution < -0.4 is 5.32 Å². The van der Waals surface area contributed by atoms with Gasteiger partial charge in [0.2, 0.25) is 0 Å². The molecule has 0 aliphatic rings. The Labute approximate surface area is 123 Å². The zero-order valence-corrected chi connectivity index (χ0v) is 12.3. The van der Waals surface area contributed by atoms with Gasteiger partial charge in [0.15, 0.2) is 0 Å². The van der Waals surface area contributed by atoms with E-state index in [1.165, 1.54) is 0 Å². The first-order valence-electron chi connectivity index (χ1n) is 6.48. The minimum atomic E-state index is -0.0673. The molecule has 108 valence electrons. The van der Waals surface area contributed by atoms with Crippen molar-refractivity contribution in [3.8, 4) is 0 Å². The molecule has 0 aliphatic carbocycles. The summed E-state index contributed by atoms with van der Waals surface area (Å²) in [6.45, 7) is 4.08. The van der Waals surface area contributed by atoms with E-state index in [1.807, 2.05) is 17.7 Å². The van der Waals surface area contributed by atoms with E-state index in [0.717, 1.165) is 17.8 Å². The van der Waals surface area contributed by atoms with E-state index >= 15 is 0 Å². The average molecular weight is 296 g/mol. The van der Waals surface area contributed by atoms with Crippen LogP contribution in [0.25, 0.3) is 0 Å². The van der Waals surface area contributed by atoms with Crippen molar-refractivity contribution in [2.75, 3.05) is 20.3 Å². The summed E-state index contributed by atoms with van der Waals surface area (Å²) in [5.41, 5.74) is 1.92. The molecule has 0 amide bonds. The van der Waals surface area contributed by atoms with Crippen LogP contribution in [0.1, 0.15) is 24.2 Å². The number of hydrogen-bond donors (Lipinski definition) is 1. The summed E-state index contributed by atoms with van der Waals surface area (Å²) in [5, 5.41) is 16.1. The summed E-state index contributed by atoms with van der Waals surface area (Å²) in [5.74, 6) is 0. The van der Waals surface area contributed by atoms with Crippen molar-refractivity contribution in [1.82, 2.24) is 25.3 Å². The molecular formula is C13H18ClN5O. The number of methoxy groups -OCH3 is 1. The number of halogens is 1. The normalized spacial score (nSPS) is 12.6. The lowest BCUT2D eigenvalue weighted by Gasteiger charge is -2.20. The molecule has 1 atom stereocenters. The molecule has 0 aromatic carbocycles. The maximum atomic E-state index is 6.30. The van der Waals surface area contributed by atoms with E-state index in [4.69, 9.17) is 16.3 Å². The van der Waals surface area contributed by atoms with Crippen LogP contribution in [-0.2, 0) is 11.3 Å². The quantitative estimate of drug-likeness (QED) is 0.842. The van der Waals surface area contributed by atoms with Gasteiger partial charge >= 0.3 is 0 Å². The van der Waals surface area contributed by atoms with E-state index in [9.17, 15) is 0 Å². The highest BCUT2D eigenvalue weighted by molar-refractivity contribution is 6.31. The number of ether oxygens (including phenoxy) is 1. The Morgan fingerprint density at radius 3 is 2.90 bits per heavy atom. The second-order valence-corrected chi connectivity index (χ2v) is 4.67. The summed E-state index contributed by atoms with van der Waals surface area (Å²) in [4.78, 5) is 0. The lowest BCUT2D eigenvalue weighted by atomic mass is 10.1. The lowest BCUT2D eigenvalue weighted by molar-refractivity contribution is 0.182. The second kappa shape index (κ2) is 7.33. The minimum Gasteiger partial charge on any atom is -0.383 e. The fourth-order valence-corrected chi connectivity index (χ4v) is 2.31. The van der Waals surface area contributed by atoms with Gasteiger partial charge in [-0.2, -0.15) is 15.3 Å². The summed E-state index contributed by atoms with van der Waals surface area (Å²) in [6.07, 6.45) is 5.06. The Balaban J connectivity index is 2.36. The molecule has 0 bridgehead atoms. The van der Waals surface area contributed by atoms with Gasteiger partial charge in [-0.3, -0.25) is 4.68 Å². The van der Waals surface area contributed by atoms with Crippen LogP contribution in [0.5, 0.6) is 0 Å². The van der Waals surface area contributed by atoms with Gasteiger partial charge in [-0.1, -0.05) is 18.5 Å². The van der Waals surface area contributed by atoms with Crippen LogP contribution in [0.15, 0.2) is 24.7 Å². The summed E-state index contributed by atoms with van der Waals surface area (Å²) in [6, 6.07) is 1.85. The maximum Gasteiger partial charge on any atom is 0.0837 e. The average Bonchev–Trinajstić information content (AvgIpc) is 2.84. The highest BCUT2D eigenvalue weighted by Gasteiger charge is 2.21. The molecule has 2 aromatic heterocycles. The van der Waals surface area contributed by atoms with Gasteiger partial charge in [0.05, 0.1) is 42.3 Å². The third kappa shape index (κ3) is 3.33. The largest absolute Gasteiger partial charge is 0.383 e. The molecule has 2 aromatic rings. The van der Waals surface area contributed by atoms with Gasteiger partial charge in [0.25, 0.3) is 0 Å². The van der Waals surface area contributed by atoms with Crippen LogP contribution >= 0.6 is 11.6 Å². The van der Waals surface area contributed by atoms with Crippen LogP contribution in [0.3, 0.4) is 0 Å². The molecule has 1 unspecified atom stereocenters. The summed E-state index contributed by atoms with van der Waals surface area (Å²) in [7, 11) is 1.67. The van der Waals surface area contributed by atoms with Crippen LogP contribution in [0.2, 0.25) is 5.02 Å². The number of aromatic nitrogens is 4. The van der Waals surface area contributed by atoms with E-state index in [-0.39, 0.29) is 6.04 Å². The topological polar surface area (TPSA) is 64.9 Å². The fraction of sp³-hybridized carbons (Fsp3) is 0.462. The van der Waals surface area contributed by atoms with Crippen LogP contribution in [-0.4, -0.2) is 40.2 Å². The summed E-state index contributed by atoms with van der Waals surface area (Å²) < 4.78 is 6.97. The van der Waals surface area contributed by atoms with Gasteiger partial charge in [0.1, 0.15) is 0 Å². The molecule has 20 heavy (non-hydrogen) atoms. The summed E-state index contributed by atoms with van der Waals surface area (Å²) >= 11 is 6.30. The Hall–Kier alpha value is -1.50. The number of rotatable bonds is 7. The standard InChI is InChI=1S/C13H18ClN5O/c1-3-15-12(10-4-5-16-17-8-10)13-11(14)9-18-19(13)6-7-20-2/h4-5,8-9,12,15H,3,6-7H2,1-2H3. The van der Waals surface area contributed by atoms with E-state index in [2.05, 4.69) is 20.6 Å². The monoisotopic (exact) mass is 295 g/mol. The van der Waals surface area contributed by atoms with Gasteiger partial charge in [-0.25, -0.2) is 0 Å². The molecule has 0 spiro atoms. The Kier molecular flexibility index (Phi) is 5.46. The molecule has 0 saturated carbocycles. The van der Waals surface area contributed by atoms with Gasteiger partial charge in [-0.05, 0) is 18.2 Å². The highest BCUT2D eigenvalue weighted by Crippen LogP contribution is 2.27. The highest BCUT2D eigenvalue weighted by atomic mass is 35.5. The first-order chi connectivity index (χ1) is 9.77. The lowest BCUT2D eigenvalue weighted by Crippen LogP contribution is -2.26. The third-order valence-electron chi connectivity index (χ3n) is 2.96. The molecule has 0 radical (unpaired) electrons. The molecule has 1 N–H and O–H groups in total. The molecule has 0 aliphatic heterocycles. The molecule has 0 fully saturated rings. The number of nitrogens with one attached hydrogen (secondary N) is 1. The molecule has 0 saturated heterocycles. The SMILES string of the molecule is CCNC(c1ccnnc1)c1c(Cl)cnn1CCOC. The van der Waals surface area contributed by atoms with Crippen LogP contribution in [0.4, 0.5) is 0 Å². The van der Waals surface area contributed by atoms with Crippen molar-refractivity contribution in [3.63, 3.8) is 0 Å². The zero-order valence-electron chi connectivity index (χ0n) is 11.6. The van der Waals surface area contributed by atoms with Crippen molar-refractivity contribution in [2.45, 2.75) is 19.5 Å². The van der Waals surface area contributed by atoms with Crippen molar-refractivity contribution in [3.05, 3.63) is 40.9 Å². The van der Waals surface area contributed by atoms with Crippen molar-refractivity contribution >= 4 is 11.6 Å². The Morgan fingerprint density at radius 1 is 1.40 bits per heavy atom. The second-order valence-electron chi connectivity index (χ2n) is 4.26. The zero-order chi connectivity index (χ0) is 14.4. The molecule has 6 nitrogen and oxygen atoms in total. The van der Waals surface area contributed by atoms with E-state index in [1.54, 1.807) is 25.7 Å². The van der Waals surface area contributed by atoms with Gasteiger partial charge in [-0.15, -0.1) is 0 Å². The third-order valence-corrected chi connectivity index (χ3v) is 3.25. The predicted molar refractivity (Wildman–Crippen MR) is 76.7 cm³/mol. The number of hydrogen-bond acceptors (Lipinski definition) is 5. The fourth-order valence-electron chi connectivity index (χ4n) is 2.06. The smallest absolute Gasteiger partial charge is 0.0837 e. The van der Waals surface area contributed by atoms with E-state index in [0.29, 0.717) is 18.2 Å². The maximum absolute atomic E-state index is 6.30. The molecular weight excluding hydrogens is 278 g/mol. The van der Waals surface area contributed by atoms with Gasteiger partial charge < -0.3 is 10.1 Å². The predicted octanol–water partition coefficient (Wildman–Crippen LogP) is 1.67. The van der Waals surface area contributed by atoms with Gasteiger partial charge in [0, 0.05) is 13.3 Å². The first kappa shape index (κ1) is 14.9. The van der Waals surface area contributed by atoms with Crippen LogP contribution in [0, 0.1) is 0 Å². The van der Waals surface area contributed by atoms with E-state index < -0.39 is 0 Å². The molecule has 2 heterocycles. The van der Waals surface area contributed by atoms with Crippen molar-refractivity contribution in [2.24, 2.45) is 0 Å². The van der Waals surface area contributed by atoms with Crippen molar-refractivity contribution < 1.29 is 4.74 Å². The Morgan fingerprint density at radius 2 is 2.25 bits per heavy atom. The minimum absolute atomic E-state index is 0.0673. The Bertz CT molecular complexity index is 531.